The molecule has 8 heteroatoms. The Kier molecular flexibility index (Phi) is 4.44. The van der Waals surface area contributed by atoms with Gasteiger partial charge in [-0.15, -0.1) is 0 Å². The van der Waals surface area contributed by atoms with Crippen LogP contribution in [-0.2, 0) is 21.5 Å². The van der Waals surface area contributed by atoms with E-state index in [9.17, 15) is 18.4 Å². The normalized spacial score (nSPS) is 11.3. The Labute approximate surface area is 130 Å². The predicted molar refractivity (Wildman–Crippen MR) is 77.9 cm³/mol. The molecule has 23 heavy (non-hydrogen) atoms. The van der Waals surface area contributed by atoms with Gasteiger partial charge in [0.2, 0.25) is 5.91 Å². The summed E-state index contributed by atoms with van der Waals surface area (Å²) in [6.45, 7) is 2.93. The van der Waals surface area contributed by atoms with Crippen molar-refractivity contribution in [1.82, 2.24) is 9.78 Å². The van der Waals surface area contributed by atoms with Crippen LogP contribution in [0.2, 0.25) is 0 Å². The lowest BCUT2D eigenvalue weighted by Crippen LogP contribution is -2.35. The van der Waals surface area contributed by atoms with Gasteiger partial charge in [0.25, 0.3) is 0 Å². The predicted octanol–water partition coefficient (Wildman–Crippen LogP) is 2.16. The molecule has 0 aliphatic carbocycles. The van der Waals surface area contributed by atoms with Crippen LogP contribution >= 0.6 is 0 Å². The van der Waals surface area contributed by atoms with Crippen LogP contribution in [-0.4, -0.2) is 26.8 Å². The van der Waals surface area contributed by atoms with E-state index in [1.54, 1.807) is 0 Å². The van der Waals surface area contributed by atoms with Gasteiger partial charge in [-0.05, 0) is 31.5 Å². The van der Waals surface area contributed by atoms with Crippen molar-refractivity contribution in [2.45, 2.75) is 25.8 Å². The zero-order valence-corrected chi connectivity index (χ0v) is 12.5. The summed E-state index contributed by atoms with van der Waals surface area (Å²) in [5.41, 5.74) is -0.630. The standard InChI is InChI=1S/C15H15F2N3O3/c1-15(2,14(22)23)20-8-10(7-18-20)19-13(21)6-9-3-4-11(16)12(17)5-9/h3-5,7-8H,6H2,1-2H3,(H,19,21)(H,22,23). The number of hydrogen-bond acceptors (Lipinski definition) is 3. The maximum Gasteiger partial charge on any atom is 0.331 e. The van der Waals surface area contributed by atoms with Crippen LogP contribution in [0.25, 0.3) is 0 Å². The molecule has 0 spiro atoms. The maximum absolute atomic E-state index is 13.1. The summed E-state index contributed by atoms with van der Waals surface area (Å²) in [6, 6.07) is 3.21. The lowest BCUT2D eigenvalue weighted by atomic mass is 10.1. The van der Waals surface area contributed by atoms with E-state index in [2.05, 4.69) is 10.4 Å². The van der Waals surface area contributed by atoms with Gasteiger partial charge in [-0.25, -0.2) is 13.6 Å². The third-order valence-electron chi connectivity index (χ3n) is 3.31. The van der Waals surface area contributed by atoms with Gasteiger partial charge >= 0.3 is 5.97 Å². The van der Waals surface area contributed by atoms with Crippen molar-refractivity contribution in [3.05, 3.63) is 47.8 Å². The van der Waals surface area contributed by atoms with E-state index in [1.165, 1.54) is 37.0 Å². The number of nitrogens with one attached hydrogen (secondary N) is 1. The first-order valence-electron chi connectivity index (χ1n) is 6.72. The molecule has 0 saturated heterocycles. The van der Waals surface area contributed by atoms with Gasteiger partial charge in [0, 0.05) is 6.20 Å². The van der Waals surface area contributed by atoms with Crippen LogP contribution in [0, 0.1) is 11.6 Å². The summed E-state index contributed by atoms with van der Waals surface area (Å²) in [5, 5.41) is 15.5. The van der Waals surface area contributed by atoms with E-state index in [0.29, 0.717) is 11.3 Å². The number of carbonyl (C=O) groups is 2. The van der Waals surface area contributed by atoms with Gasteiger partial charge in [-0.1, -0.05) is 6.07 Å². The van der Waals surface area contributed by atoms with E-state index in [0.717, 1.165) is 12.1 Å². The Morgan fingerprint density at radius 3 is 2.61 bits per heavy atom. The van der Waals surface area contributed by atoms with Gasteiger partial charge in [0.05, 0.1) is 18.3 Å². The van der Waals surface area contributed by atoms with Crippen LogP contribution in [0.1, 0.15) is 19.4 Å². The average molecular weight is 323 g/mol. The number of rotatable bonds is 5. The molecule has 0 saturated carbocycles. The van der Waals surface area contributed by atoms with E-state index in [4.69, 9.17) is 5.11 Å². The fraction of sp³-hybridized carbons (Fsp3) is 0.267. The molecule has 0 aliphatic heterocycles. The lowest BCUT2D eigenvalue weighted by Gasteiger charge is -2.19. The summed E-state index contributed by atoms with van der Waals surface area (Å²) in [5.74, 6) is -3.53. The number of carbonyl (C=O) groups excluding carboxylic acids is 1. The van der Waals surface area contributed by atoms with Crippen molar-refractivity contribution in [3.63, 3.8) is 0 Å². The zero-order valence-electron chi connectivity index (χ0n) is 12.5. The van der Waals surface area contributed by atoms with Crippen LogP contribution in [0.5, 0.6) is 0 Å². The third-order valence-corrected chi connectivity index (χ3v) is 3.31. The number of nitrogens with zero attached hydrogens (tertiary/aromatic N) is 2. The summed E-state index contributed by atoms with van der Waals surface area (Å²) < 4.78 is 27.1. The molecule has 0 fully saturated rings. The Morgan fingerprint density at radius 1 is 1.30 bits per heavy atom. The number of halogens is 2. The molecule has 2 aromatic rings. The van der Waals surface area contributed by atoms with Crippen LogP contribution in [0.3, 0.4) is 0 Å². The van der Waals surface area contributed by atoms with Crippen LogP contribution < -0.4 is 5.32 Å². The van der Waals surface area contributed by atoms with Crippen molar-refractivity contribution in [3.8, 4) is 0 Å². The topological polar surface area (TPSA) is 84.2 Å². The molecule has 122 valence electrons. The quantitative estimate of drug-likeness (QED) is 0.883. The minimum atomic E-state index is -1.26. The summed E-state index contributed by atoms with van der Waals surface area (Å²) in [7, 11) is 0. The van der Waals surface area contributed by atoms with Gasteiger partial charge in [-0.2, -0.15) is 5.10 Å². The lowest BCUT2D eigenvalue weighted by molar-refractivity contribution is -0.146. The molecular weight excluding hydrogens is 308 g/mol. The Balaban J connectivity index is 2.05. The number of aromatic nitrogens is 2. The molecule has 2 N–H and O–H groups in total. The smallest absolute Gasteiger partial charge is 0.331 e. The van der Waals surface area contributed by atoms with E-state index in [-0.39, 0.29) is 6.42 Å². The minimum Gasteiger partial charge on any atom is -0.479 e. The monoisotopic (exact) mass is 323 g/mol. The second kappa shape index (κ2) is 6.15. The molecular formula is C15H15F2N3O3. The van der Waals surface area contributed by atoms with Crippen LogP contribution in [0.15, 0.2) is 30.6 Å². The highest BCUT2D eigenvalue weighted by Crippen LogP contribution is 2.17. The highest BCUT2D eigenvalue weighted by Gasteiger charge is 2.30. The number of aliphatic carboxylic acids is 1. The molecule has 1 heterocycles. The van der Waals surface area contributed by atoms with Gasteiger partial charge < -0.3 is 10.4 Å². The molecule has 0 unspecified atom stereocenters. The van der Waals surface area contributed by atoms with Gasteiger partial charge in [-0.3, -0.25) is 9.48 Å². The minimum absolute atomic E-state index is 0.148. The zero-order chi connectivity index (χ0) is 17.2. The summed E-state index contributed by atoms with van der Waals surface area (Å²) in [6.07, 6.45) is 2.55. The molecule has 1 amide bonds. The first-order chi connectivity index (χ1) is 10.7. The first-order valence-corrected chi connectivity index (χ1v) is 6.72. The van der Waals surface area contributed by atoms with Crippen molar-refractivity contribution in [2.24, 2.45) is 0 Å². The number of hydrogen-bond donors (Lipinski definition) is 2. The molecule has 1 aromatic heterocycles. The number of benzene rings is 1. The van der Waals surface area contributed by atoms with Gasteiger partial charge in [0.1, 0.15) is 0 Å². The molecule has 6 nitrogen and oxygen atoms in total. The Bertz CT molecular complexity index is 756. The molecule has 0 radical (unpaired) electrons. The van der Waals surface area contributed by atoms with E-state index < -0.39 is 29.0 Å². The molecule has 0 bridgehead atoms. The largest absolute Gasteiger partial charge is 0.479 e. The number of amides is 1. The number of carboxylic acids is 1. The molecule has 0 atom stereocenters. The van der Waals surface area contributed by atoms with Crippen LogP contribution in [0.4, 0.5) is 14.5 Å². The first kappa shape index (κ1) is 16.6. The molecule has 2 rings (SSSR count). The second-order valence-electron chi connectivity index (χ2n) is 5.51. The fourth-order valence-corrected chi connectivity index (χ4v) is 1.83. The highest BCUT2D eigenvalue weighted by atomic mass is 19.2. The highest BCUT2D eigenvalue weighted by molar-refractivity contribution is 5.92. The fourth-order valence-electron chi connectivity index (χ4n) is 1.83. The maximum atomic E-state index is 13.1. The van der Waals surface area contributed by atoms with Crippen molar-refractivity contribution < 1.29 is 23.5 Å². The number of carboxylic acid groups (broad SMARTS) is 1. The van der Waals surface area contributed by atoms with E-state index >= 15 is 0 Å². The molecule has 0 aliphatic rings. The number of anilines is 1. The van der Waals surface area contributed by atoms with Crippen molar-refractivity contribution in [1.29, 1.82) is 0 Å². The van der Waals surface area contributed by atoms with Crippen molar-refractivity contribution in [2.75, 3.05) is 5.32 Å². The Hall–Kier alpha value is -2.77. The Morgan fingerprint density at radius 2 is 2.00 bits per heavy atom. The van der Waals surface area contributed by atoms with Crippen molar-refractivity contribution >= 4 is 17.6 Å². The average Bonchev–Trinajstić information content (AvgIpc) is 2.91. The van der Waals surface area contributed by atoms with E-state index in [1.807, 2.05) is 0 Å². The summed E-state index contributed by atoms with van der Waals surface area (Å²) >= 11 is 0. The summed E-state index contributed by atoms with van der Waals surface area (Å²) in [4.78, 5) is 23.0. The second-order valence-corrected chi connectivity index (χ2v) is 5.51. The SMILES string of the molecule is CC(C)(C(=O)O)n1cc(NC(=O)Cc2ccc(F)c(F)c2)cn1. The third kappa shape index (κ3) is 3.71. The molecule has 1 aromatic carbocycles. The van der Waals surface area contributed by atoms with Gasteiger partial charge in [0.15, 0.2) is 17.2 Å².